The van der Waals surface area contributed by atoms with E-state index in [4.69, 9.17) is 4.74 Å². The molecule has 3 aromatic rings. The number of benzene rings is 2. The van der Waals surface area contributed by atoms with Gasteiger partial charge in [0, 0.05) is 5.56 Å². The van der Waals surface area contributed by atoms with Gasteiger partial charge < -0.3 is 9.84 Å². The van der Waals surface area contributed by atoms with Crippen LogP contribution in [0, 0.1) is 24.0 Å². The molecule has 0 saturated carbocycles. The number of rotatable bonds is 7. The van der Waals surface area contributed by atoms with Gasteiger partial charge in [-0.3, -0.25) is 19.6 Å². The number of aromatic nitrogens is 2. The van der Waals surface area contributed by atoms with Crippen LogP contribution in [0.3, 0.4) is 0 Å². The van der Waals surface area contributed by atoms with E-state index in [1.807, 2.05) is 6.07 Å². The van der Waals surface area contributed by atoms with Crippen molar-refractivity contribution in [3.63, 3.8) is 0 Å². The Morgan fingerprint density at radius 1 is 1.27 bits per heavy atom. The van der Waals surface area contributed by atoms with Gasteiger partial charge in [-0.15, -0.1) is 0 Å². The van der Waals surface area contributed by atoms with Gasteiger partial charge in [0.1, 0.15) is 22.9 Å². The molecule has 154 valence electrons. The molecule has 0 atom stereocenters. The zero-order valence-electron chi connectivity index (χ0n) is 16.8. The van der Waals surface area contributed by atoms with E-state index >= 15 is 0 Å². The first-order valence-electron chi connectivity index (χ1n) is 9.17. The molecule has 0 aliphatic rings. The predicted octanol–water partition coefficient (Wildman–Crippen LogP) is 4.07. The molecule has 0 amide bonds. The SMILES string of the molecule is COc1ccc(C=CC(=O)c2ccccc2O)cc1Cn1nc(C)c([N+](=O)[O-])c1C. The standard InChI is InChI=1S/C22H21N3O5/c1-14-22(25(28)29)15(2)24(23-14)13-17-12-16(9-11-21(17)30-3)8-10-20(27)18-6-4-5-7-19(18)26/h4-12,26H,13H2,1-3H3. The van der Waals surface area contributed by atoms with Crippen molar-refractivity contribution in [1.29, 1.82) is 0 Å². The maximum atomic E-state index is 12.3. The normalized spacial score (nSPS) is 11.0. The third kappa shape index (κ3) is 4.22. The number of aryl methyl sites for hydroxylation is 1. The van der Waals surface area contributed by atoms with Crippen LogP contribution < -0.4 is 4.74 Å². The fraction of sp³-hybridized carbons (Fsp3) is 0.182. The first-order chi connectivity index (χ1) is 14.3. The minimum Gasteiger partial charge on any atom is -0.507 e. The van der Waals surface area contributed by atoms with Gasteiger partial charge >= 0.3 is 5.69 Å². The number of carbonyl (C=O) groups excluding carboxylic acids is 1. The summed E-state index contributed by atoms with van der Waals surface area (Å²) in [6, 6.07) is 11.7. The average Bonchev–Trinajstić information content (AvgIpc) is 2.99. The lowest BCUT2D eigenvalue weighted by atomic mass is 10.1. The van der Waals surface area contributed by atoms with Crippen LogP contribution in [0.25, 0.3) is 6.08 Å². The minimum atomic E-state index is -0.435. The van der Waals surface area contributed by atoms with Gasteiger partial charge in [-0.25, -0.2) is 0 Å². The number of ether oxygens (including phenoxy) is 1. The van der Waals surface area contributed by atoms with Crippen molar-refractivity contribution in [2.45, 2.75) is 20.4 Å². The number of hydrogen-bond acceptors (Lipinski definition) is 6. The van der Waals surface area contributed by atoms with E-state index in [-0.39, 0.29) is 29.3 Å². The zero-order chi connectivity index (χ0) is 21.8. The molecular formula is C22H21N3O5. The summed E-state index contributed by atoms with van der Waals surface area (Å²) >= 11 is 0. The van der Waals surface area contributed by atoms with Crippen LogP contribution >= 0.6 is 0 Å². The highest BCUT2D eigenvalue weighted by molar-refractivity contribution is 6.08. The van der Waals surface area contributed by atoms with Crippen molar-refractivity contribution in [1.82, 2.24) is 9.78 Å². The molecule has 3 rings (SSSR count). The van der Waals surface area contributed by atoms with E-state index in [0.29, 0.717) is 17.1 Å². The van der Waals surface area contributed by atoms with Crippen molar-refractivity contribution in [2.75, 3.05) is 7.11 Å². The average molecular weight is 407 g/mol. The molecule has 0 bridgehead atoms. The lowest BCUT2D eigenvalue weighted by Crippen LogP contribution is -2.06. The molecule has 30 heavy (non-hydrogen) atoms. The first kappa shape index (κ1) is 20.8. The Labute approximate surface area is 173 Å². The number of aromatic hydroxyl groups is 1. The molecule has 1 aromatic heterocycles. The first-order valence-corrected chi connectivity index (χ1v) is 9.17. The van der Waals surface area contributed by atoms with E-state index < -0.39 is 4.92 Å². The third-order valence-corrected chi connectivity index (χ3v) is 4.75. The molecule has 1 N–H and O–H groups in total. The second-order valence-corrected chi connectivity index (χ2v) is 6.72. The molecule has 0 spiro atoms. The molecule has 8 nitrogen and oxygen atoms in total. The molecule has 2 aromatic carbocycles. The molecule has 0 fully saturated rings. The predicted molar refractivity (Wildman–Crippen MR) is 112 cm³/mol. The lowest BCUT2D eigenvalue weighted by molar-refractivity contribution is -0.386. The molecule has 0 unspecified atom stereocenters. The summed E-state index contributed by atoms with van der Waals surface area (Å²) in [5.41, 5.74) is 2.52. The second-order valence-electron chi connectivity index (χ2n) is 6.72. The summed E-state index contributed by atoms with van der Waals surface area (Å²) in [5.74, 6) is 0.211. The third-order valence-electron chi connectivity index (χ3n) is 4.75. The monoisotopic (exact) mass is 407 g/mol. The number of phenolic OH excluding ortho intramolecular Hbond substituents is 1. The maximum absolute atomic E-state index is 12.3. The van der Waals surface area contributed by atoms with Crippen LogP contribution in [0.2, 0.25) is 0 Å². The molecular weight excluding hydrogens is 386 g/mol. The Hall–Kier alpha value is -3.94. The Morgan fingerprint density at radius 3 is 2.63 bits per heavy atom. The number of allylic oxidation sites excluding steroid dienone is 1. The quantitative estimate of drug-likeness (QED) is 0.274. The van der Waals surface area contributed by atoms with Crippen molar-refractivity contribution in [3.05, 3.63) is 86.7 Å². The van der Waals surface area contributed by atoms with Gasteiger partial charge in [0.25, 0.3) is 0 Å². The highest BCUT2D eigenvalue weighted by atomic mass is 16.6. The van der Waals surface area contributed by atoms with Crippen molar-refractivity contribution in [2.24, 2.45) is 0 Å². The van der Waals surface area contributed by atoms with Gasteiger partial charge in [0.05, 0.1) is 24.1 Å². The van der Waals surface area contributed by atoms with E-state index in [9.17, 15) is 20.0 Å². The number of para-hydroxylation sites is 1. The minimum absolute atomic E-state index is 0.00159. The van der Waals surface area contributed by atoms with Crippen molar-refractivity contribution < 1.29 is 19.6 Å². The number of nitro groups is 1. The summed E-state index contributed by atoms with van der Waals surface area (Å²) in [7, 11) is 1.54. The fourth-order valence-corrected chi connectivity index (χ4v) is 3.24. The van der Waals surface area contributed by atoms with E-state index in [1.165, 1.54) is 12.1 Å². The Kier molecular flexibility index (Phi) is 5.96. The van der Waals surface area contributed by atoms with Gasteiger partial charge in [-0.1, -0.05) is 24.3 Å². The zero-order valence-corrected chi connectivity index (χ0v) is 16.8. The number of nitrogens with zero attached hydrogens (tertiary/aromatic N) is 3. The van der Waals surface area contributed by atoms with Crippen LogP contribution in [0.5, 0.6) is 11.5 Å². The van der Waals surface area contributed by atoms with Crippen molar-refractivity contribution in [3.8, 4) is 11.5 Å². The molecule has 0 radical (unpaired) electrons. The molecule has 0 aliphatic carbocycles. The number of carbonyl (C=O) groups is 1. The summed E-state index contributed by atoms with van der Waals surface area (Å²) in [5, 5.41) is 25.3. The smallest absolute Gasteiger partial charge is 0.312 e. The number of hydrogen-bond donors (Lipinski definition) is 1. The highest BCUT2D eigenvalue weighted by Gasteiger charge is 2.22. The number of phenols is 1. The van der Waals surface area contributed by atoms with Crippen LogP contribution in [0.4, 0.5) is 5.69 Å². The largest absolute Gasteiger partial charge is 0.507 e. The van der Waals surface area contributed by atoms with E-state index in [2.05, 4.69) is 5.10 Å². The van der Waals surface area contributed by atoms with Crippen LogP contribution in [-0.4, -0.2) is 32.7 Å². The number of methoxy groups -OCH3 is 1. The maximum Gasteiger partial charge on any atom is 0.312 e. The van der Waals surface area contributed by atoms with E-state index in [1.54, 1.807) is 62.0 Å². The number of ketones is 1. The van der Waals surface area contributed by atoms with Crippen LogP contribution in [-0.2, 0) is 6.54 Å². The van der Waals surface area contributed by atoms with Crippen molar-refractivity contribution >= 4 is 17.5 Å². The fourth-order valence-electron chi connectivity index (χ4n) is 3.24. The highest BCUT2D eigenvalue weighted by Crippen LogP contribution is 2.26. The molecule has 1 heterocycles. The summed E-state index contributed by atoms with van der Waals surface area (Å²) in [4.78, 5) is 23.1. The summed E-state index contributed by atoms with van der Waals surface area (Å²) < 4.78 is 6.97. The Balaban J connectivity index is 1.89. The molecule has 0 aliphatic heterocycles. The topological polar surface area (TPSA) is 107 Å². The second kappa shape index (κ2) is 8.60. The summed E-state index contributed by atoms with van der Waals surface area (Å²) in [6.45, 7) is 3.53. The molecule has 0 saturated heterocycles. The van der Waals surface area contributed by atoms with Crippen LogP contribution in [0.15, 0.2) is 48.5 Å². The Morgan fingerprint density at radius 2 is 2.00 bits per heavy atom. The van der Waals surface area contributed by atoms with Gasteiger partial charge in [0.15, 0.2) is 5.78 Å². The van der Waals surface area contributed by atoms with E-state index in [0.717, 1.165) is 11.1 Å². The molecule has 8 heteroatoms. The van der Waals surface area contributed by atoms with Gasteiger partial charge in [0.2, 0.25) is 0 Å². The summed E-state index contributed by atoms with van der Waals surface area (Å²) in [6.07, 6.45) is 3.02. The van der Waals surface area contributed by atoms with Crippen LogP contribution in [0.1, 0.15) is 32.9 Å². The lowest BCUT2D eigenvalue weighted by Gasteiger charge is -2.11. The van der Waals surface area contributed by atoms with Gasteiger partial charge in [-0.2, -0.15) is 5.10 Å². The Bertz CT molecular complexity index is 1150. The van der Waals surface area contributed by atoms with Gasteiger partial charge in [-0.05, 0) is 49.8 Å².